The number of hydrogen-bond acceptors (Lipinski definition) is 7. The Hall–Kier alpha value is -1.97. The standard InChI is InChI=1S/C22H26N4O3S2/c1-14-5-3-9-25(11-14)17(27)13-30-22-24-18-16-7-2-8-23-20(16)31-19(18)21(28)26(22)12-15-6-4-10-29-15/h2,7-8,14-15H,3-6,9-13H2,1H3. The first-order chi connectivity index (χ1) is 15.1. The van der Waals surface area contributed by atoms with Crippen molar-refractivity contribution < 1.29 is 9.53 Å². The summed E-state index contributed by atoms with van der Waals surface area (Å²) in [6, 6.07) is 3.81. The molecule has 7 nitrogen and oxygen atoms in total. The van der Waals surface area contributed by atoms with Gasteiger partial charge in [0.1, 0.15) is 9.53 Å². The Bertz CT molecular complexity index is 1170. The smallest absolute Gasteiger partial charge is 0.272 e. The average Bonchev–Trinajstić information content (AvgIpc) is 3.42. The predicted octanol–water partition coefficient (Wildman–Crippen LogP) is 3.54. The summed E-state index contributed by atoms with van der Waals surface area (Å²) in [5, 5.41) is 1.48. The monoisotopic (exact) mass is 458 g/mol. The Labute approximate surface area is 188 Å². The van der Waals surface area contributed by atoms with Crippen LogP contribution in [0.5, 0.6) is 0 Å². The van der Waals surface area contributed by atoms with Gasteiger partial charge in [-0.25, -0.2) is 9.97 Å². The quantitative estimate of drug-likeness (QED) is 0.430. The maximum absolute atomic E-state index is 13.4. The number of rotatable bonds is 5. The van der Waals surface area contributed by atoms with Gasteiger partial charge in [0.15, 0.2) is 5.16 Å². The van der Waals surface area contributed by atoms with E-state index in [0.29, 0.717) is 27.8 Å². The summed E-state index contributed by atoms with van der Waals surface area (Å²) in [4.78, 5) is 38.3. The molecule has 164 valence electrons. The van der Waals surface area contributed by atoms with Crippen molar-refractivity contribution in [1.29, 1.82) is 0 Å². The molecule has 0 aromatic carbocycles. The summed E-state index contributed by atoms with van der Waals surface area (Å²) < 4.78 is 8.12. The van der Waals surface area contributed by atoms with Gasteiger partial charge in [0.25, 0.3) is 5.56 Å². The summed E-state index contributed by atoms with van der Waals surface area (Å²) in [6.45, 7) is 5.03. The SMILES string of the molecule is CC1CCCN(C(=O)CSc2nc3c(sc4ncccc43)c(=O)n2CC2CCCO2)C1. The van der Waals surface area contributed by atoms with Gasteiger partial charge in [-0.15, -0.1) is 11.3 Å². The van der Waals surface area contributed by atoms with Gasteiger partial charge in [0, 0.05) is 31.3 Å². The molecule has 9 heteroatoms. The topological polar surface area (TPSA) is 77.3 Å². The number of carbonyl (C=O) groups excluding carboxylic acids is 1. The largest absolute Gasteiger partial charge is 0.376 e. The summed E-state index contributed by atoms with van der Waals surface area (Å²) >= 11 is 2.75. The molecule has 31 heavy (non-hydrogen) atoms. The summed E-state index contributed by atoms with van der Waals surface area (Å²) in [7, 11) is 0. The highest BCUT2D eigenvalue weighted by molar-refractivity contribution is 7.99. The number of hydrogen-bond donors (Lipinski definition) is 0. The molecule has 2 fully saturated rings. The number of thioether (sulfide) groups is 1. The summed E-state index contributed by atoms with van der Waals surface area (Å²) in [5.74, 6) is 0.946. The third-order valence-electron chi connectivity index (χ3n) is 6.06. The molecule has 2 unspecified atom stereocenters. The molecule has 0 bridgehead atoms. The normalized spacial score (nSPS) is 21.9. The van der Waals surface area contributed by atoms with Crippen LogP contribution in [0.4, 0.5) is 0 Å². The molecule has 2 aliphatic heterocycles. The molecule has 0 radical (unpaired) electrons. The highest BCUT2D eigenvalue weighted by Crippen LogP contribution is 2.31. The van der Waals surface area contributed by atoms with Crippen molar-refractivity contribution >= 4 is 49.4 Å². The first-order valence-electron chi connectivity index (χ1n) is 10.9. The van der Waals surface area contributed by atoms with Gasteiger partial charge in [-0.1, -0.05) is 18.7 Å². The number of pyridine rings is 1. The number of carbonyl (C=O) groups is 1. The molecule has 2 aliphatic rings. The van der Waals surface area contributed by atoms with Crippen LogP contribution in [0.1, 0.15) is 32.6 Å². The van der Waals surface area contributed by atoms with Crippen LogP contribution in [0.25, 0.3) is 20.4 Å². The van der Waals surface area contributed by atoms with Crippen LogP contribution in [0, 0.1) is 5.92 Å². The Kier molecular flexibility index (Phi) is 5.99. The van der Waals surface area contributed by atoms with E-state index < -0.39 is 0 Å². The summed E-state index contributed by atoms with van der Waals surface area (Å²) in [6.07, 6.45) is 5.93. The molecular weight excluding hydrogens is 432 g/mol. The Morgan fingerprint density at radius 2 is 2.26 bits per heavy atom. The number of thiophene rings is 1. The van der Waals surface area contributed by atoms with Crippen molar-refractivity contribution in [3.8, 4) is 0 Å². The lowest BCUT2D eigenvalue weighted by Gasteiger charge is -2.30. The molecule has 5 rings (SSSR count). The molecule has 0 aliphatic carbocycles. The van der Waals surface area contributed by atoms with E-state index in [1.54, 1.807) is 10.8 Å². The fraction of sp³-hybridized carbons (Fsp3) is 0.545. The van der Waals surface area contributed by atoms with E-state index in [-0.39, 0.29) is 23.3 Å². The maximum Gasteiger partial charge on any atom is 0.272 e. The van der Waals surface area contributed by atoms with Crippen molar-refractivity contribution in [1.82, 2.24) is 19.4 Å². The minimum absolute atomic E-state index is 0.0162. The molecule has 1 amide bonds. The fourth-order valence-electron chi connectivity index (χ4n) is 4.44. The molecule has 3 aromatic heterocycles. The van der Waals surface area contributed by atoms with Gasteiger partial charge < -0.3 is 9.64 Å². The lowest BCUT2D eigenvalue weighted by atomic mass is 10.0. The molecule has 2 atom stereocenters. The van der Waals surface area contributed by atoms with Gasteiger partial charge in [-0.3, -0.25) is 14.2 Å². The van der Waals surface area contributed by atoms with E-state index in [1.807, 2.05) is 17.0 Å². The minimum Gasteiger partial charge on any atom is -0.376 e. The van der Waals surface area contributed by atoms with Gasteiger partial charge in [-0.05, 0) is 43.7 Å². The number of likely N-dealkylation sites (tertiary alicyclic amines) is 1. The van der Waals surface area contributed by atoms with E-state index in [0.717, 1.165) is 49.2 Å². The highest BCUT2D eigenvalue weighted by Gasteiger charge is 2.24. The van der Waals surface area contributed by atoms with Crippen molar-refractivity contribution in [3.63, 3.8) is 0 Å². The van der Waals surface area contributed by atoms with Crippen LogP contribution in [0.3, 0.4) is 0 Å². The van der Waals surface area contributed by atoms with Gasteiger partial charge in [0.2, 0.25) is 5.91 Å². The second-order valence-electron chi connectivity index (χ2n) is 8.46. The van der Waals surface area contributed by atoms with Crippen LogP contribution in [0.2, 0.25) is 0 Å². The zero-order valence-corrected chi connectivity index (χ0v) is 19.2. The van der Waals surface area contributed by atoms with Crippen molar-refractivity contribution in [2.75, 3.05) is 25.4 Å². The van der Waals surface area contributed by atoms with Gasteiger partial charge in [-0.2, -0.15) is 0 Å². The van der Waals surface area contributed by atoms with Crippen molar-refractivity contribution in [3.05, 3.63) is 28.7 Å². The second kappa shape index (κ2) is 8.88. The molecular formula is C22H26N4O3S2. The molecule has 5 heterocycles. The molecule has 0 N–H and O–H groups in total. The number of nitrogens with zero attached hydrogens (tertiary/aromatic N) is 4. The zero-order chi connectivity index (χ0) is 21.4. The number of aromatic nitrogens is 3. The van der Waals surface area contributed by atoms with Crippen LogP contribution >= 0.6 is 23.1 Å². The minimum atomic E-state index is -0.0648. The van der Waals surface area contributed by atoms with Crippen LogP contribution in [0.15, 0.2) is 28.3 Å². The first-order valence-corrected chi connectivity index (χ1v) is 12.7. The van der Waals surface area contributed by atoms with Crippen LogP contribution < -0.4 is 5.56 Å². The zero-order valence-electron chi connectivity index (χ0n) is 17.6. The van der Waals surface area contributed by atoms with Crippen LogP contribution in [-0.4, -0.2) is 56.9 Å². The Morgan fingerprint density at radius 3 is 3.06 bits per heavy atom. The van der Waals surface area contributed by atoms with E-state index in [1.165, 1.54) is 29.5 Å². The maximum atomic E-state index is 13.4. The number of ether oxygens (including phenoxy) is 1. The lowest BCUT2D eigenvalue weighted by molar-refractivity contribution is -0.130. The first kappa shape index (κ1) is 20.9. The Morgan fingerprint density at radius 1 is 1.35 bits per heavy atom. The van der Waals surface area contributed by atoms with E-state index in [2.05, 4.69) is 11.9 Å². The number of fused-ring (bicyclic) bond motifs is 3. The molecule has 0 spiro atoms. The summed E-state index contributed by atoms with van der Waals surface area (Å²) in [5.41, 5.74) is 0.619. The van der Waals surface area contributed by atoms with Crippen LogP contribution in [-0.2, 0) is 16.1 Å². The van der Waals surface area contributed by atoms with Gasteiger partial charge in [0.05, 0.1) is 23.9 Å². The van der Waals surface area contributed by atoms with Crippen molar-refractivity contribution in [2.45, 2.75) is 50.4 Å². The number of amides is 1. The third kappa shape index (κ3) is 4.23. The van der Waals surface area contributed by atoms with E-state index in [9.17, 15) is 9.59 Å². The highest BCUT2D eigenvalue weighted by atomic mass is 32.2. The lowest BCUT2D eigenvalue weighted by Crippen LogP contribution is -2.40. The average molecular weight is 459 g/mol. The predicted molar refractivity (Wildman–Crippen MR) is 124 cm³/mol. The third-order valence-corrected chi connectivity index (χ3v) is 8.11. The molecule has 3 aromatic rings. The second-order valence-corrected chi connectivity index (χ2v) is 10.4. The van der Waals surface area contributed by atoms with Gasteiger partial charge >= 0.3 is 0 Å². The number of piperidine rings is 1. The van der Waals surface area contributed by atoms with Crippen molar-refractivity contribution in [2.24, 2.45) is 5.92 Å². The molecule has 2 saturated heterocycles. The fourth-order valence-corrected chi connectivity index (χ4v) is 6.37. The van der Waals surface area contributed by atoms with E-state index >= 15 is 0 Å². The van der Waals surface area contributed by atoms with E-state index in [4.69, 9.17) is 9.72 Å². The Balaban J connectivity index is 1.48. The molecule has 0 saturated carbocycles.